The van der Waals surface area contributed by atoms with Crippen LogP contribution in [0.3, 0.4) is 0 Å². The number of benzene rings is 1. The summed E-state index contributed by atoms with van der Waals surface area (Å²) in [4.78, 5) is 4.06. The Morgan fingerprint density at radius 3 is 2.85 bits per heavy atom. The zero-order chi connectivity index (χ0) is 9.97. The van der Waals surface area contributed by atoms with Crippen LogP contribution in [0.2, 0.25) is 0 Å². The molecule has 0 aliphatic heterocycles. The maximum absolute atomic E-state index is 13.0. The predicted molar refractivity (Wildman–Crippen MR) is 49.6 cm³/mol. The van der Waals surface area contributed by atoms with Gasteiger partial charge in [-0.3, -0.25) is 4.98 Å². The van der Waals surface area contributed by atoms with E-state index in [0.29, 0.717) is 11.3 Å². The van der Waals surface area contributed by atoms with Crippen LogP contribution >= 0.6 is 0 Å². The maximum atomic E-state index is 13.0. The van der Waals surface area contributed by atoms with E-state index in [1.807, 2.05) is 6.07 Å². The molecule has 0 fully saturated rings. The highest BCUT2D eigenvalue weighted by Gasteiger charge is 1.97. The second-order valence-electron chi connectivity index (χ2n) is 2.63. The van der Waals surface area contributed by atoms with Crippen LogP contribution in [0.25, 0.3) is 11.3 Å². The lowest BCUT2D eigenvalue weighted by atomic mass is 10.1. The molecule has 1 aromatic carbocycles. The highest BCUT2D eigenvalue weighted by atomic mass is 19.1. The number of hydrogen-bond donors (Lipinski definition) is 0. The Bertz CT molecular complexity index is 442. The summed E-state index contributed by atoms with van der Waals surface area (Å²) >= 11 is 0. The number of rotatable bonds is 1. The minimum Gasteiger partial charge on any atom is -0.256 e. The molecule has 0 unspecified atom stereocenters. The molecule has 0 saturated carbocycles. The number of halogens is 1. The molecule has 0 bridgehead atoms. The van der Waals surface area contributed by atoms with E-state index in [9.17, 15) is 4.39 Å². The Kier molecular flexibility index (Phi) is 1.75. The third-order valence-electron chi connectivity index (χ3n) is 1.70. The molecule has 0 amide bonds. The number of aromatic nitrogens is 1. The zero-order valence-corrected chi connectivity index (χ0v) is 6.87. The first-order valence-electron chi connectivity index (χ1n) is 4.45. The molecule has 2 aromatic rings. The van der Waals surface area contributed by atoms with Gasteiger partial charge < -0.3 is 0 Å². The number of hydrogen-bond acceptors (Lipinski definition) is 1. The second-order valence-corrected chi connectivity index (χ2v) is 2.63. The van der Waals surface area contributed by atoms with Crippen LogP contribution in [-0.4, -0.2) is 4.98 Å². The van der Waals surface area contributed by atoms with E-state index < -0.39 is 5.82 Å². The second kappa shape index (κ2) is 3.35. The summed E-state index contributed by atoms with van der Waals surface area (Å²) < 4.78 is 20.6. The average Bonchev–Trinajstić information content (AvgIpc) is 2.23. The Balaban J connectivity index is 2.58. The Morgan fingerprint density at radius 1 is 1.15 bits per heavy atom. The van der Waals surface area contributed by atoms with E-state index in [4.69, 9.17) is 1.37 Å². The van der Waals surface area contributed by atoms with Gasteiger partial charge in [-0.25, -0.2) is 4.39 Å². The average molecular weight is 174 g/mol. The molecule has 2 rings (SSSR count). The van der Waals surface area contributed by atoms with E-state index in [1.54, 1.807) is 30.5 Å². The normalized spacial score (nSPS) is 11.0. The van der Waals surface area contributed by atoms with E-state index in [0.717, 1.165) is 0 Å². The fraction of sp³-hybridized carbons (Fsp3) is 0. The molecule has 1 aromatic heterocycles. The predicted octanol–water partition coefficient (Wildman–Crippen LogP) is 2.89. The summed E-state index contributed by atoms with van der Waals surface area (Å²) in [5.41, 5.74) is 1.14. The van der Waals surface area contributed by atoms with Gasteiger partial charge in [0.15, 0.2) is 0 Å². The van der Waals surface area contributed by atoms with Crippen LogP contribution in [-0.2, 0) is 0 Å². The molecule has 64 valence electrons. The van der Waals surface area contributed by atoms with Gasteiger partial charge in [0.25, 0.3) is 0 Å². The van der Waals surface area contributed by atoms with Gasteiger partial charge in [-0.2, -0.15) is 0 Å². The first-order valence-corrected chi connectivity index (χ1v) is 3.95. The molecule has 13 heavy (non-hydrogen) atoms. The van der Waals surface area contributed by atoms with E-state index in [2.05, 4.69) is 4.98 Å². The van der Waals surface area contributed by atoms with Crippen molar-refractivity contribution in [2.45, 2.75) is 0 Å². The van der Waals surface area contributed by atoms with Gasteiger partial charge in [-0.05, 0) is 24.2 Å². The van der Waals surface area contributed by atoms with Gasteiger partial charge >= 0.3 is 0 Å². The summed E-state index contributed by atoms with van der Waals surface area (Å²) in [6.45, 7) is 0. The zero-order valence-electron chi connectivity index (χ0n) is 7.87. The topological polar surface area (TPSA) is 12.9 Å². The molecule has 0 radical (unpaired) electrons. The molecule has 1 heterocycles. The molecular weight excluding hydrogens is 165 g/mol. The Hall–Kier alpha value is -1.70. The first kappa shape index (κ1) is 6.78. The van der Waals surface area contributed by atoms with Crippen LogP contribution in [0.15, 0.2) is 48.6 Å². The minimum absolute atomic E-state index is 0.105. The SMILES string of the molecule is [2H]c1c(F)cccc1-c1ccccn1. The van der Waals surface area contributed by atoms with Gasteiger partial charge in [0.2, 0.25) is 0 Å². The smallest absolute Gasteiger partial charge is 0.123 e. The minimum atomic E-state index is -0.520. The largest absolute Gasteiger partial charge is 0.256 e. The molecule has 0 aliphatic rings. The van der Waals surface area contributed by atoms with Crippen molar-refractivity contribution < 1.29 is 5.76 Å². The Morgan fingerprint density at radius 2 is 2.08 bits per heavy atom. The monoisotopic (exact) mass is 174 g/mol. The standard InChI is InChI=1S/C11H8FN/c12-10-5-3-4-9(8-10)11-6-1-2-7-13-11/h1-8H/i8D. The highest BCUT2D eigenvalue weighted by molar-refractivity contribution is 5.58. The van der Waals surface area contributed by atoms with Crippen molar-refractivity contribution in [2.75, 3.05) is 0 Å². The molecular formula is C11H8FN. The van der Waals surface area contributed by atoms with Gasteiger partial charge in [0.05, 0.1) is 7.06 Å². The molecule has 0 aliphatic carbocycles. The fourth-order valence-electron chi connectivity index (χ4n) is 1.11. The first-order chi connectivity index (χ1) is 6.79. The Labute approximate surface area is 77.3 Å². The van der Waals surface area contributed by atoms with Gasteiger partial charge in [0, 0.05) is 11.8 Å². The van der Waals surface area contributed by atoms with Gasteiger partial charge in [0.1, 0.15) is 5.82 Å². The van der Waals surface area contributed by atoms with Crippen molar-refractivity contribution in [1.29, 1.82) is 0 Å². The van der Waals surface area contributed by atoms with E-state index in [1.165, 1.54) is 6.07 Å². The summed E-state index contributed by atoms with van der Waals surface area (Å²) in [5.74, 6) is -0.520. The van der Waals surface area contributed by atoms with E-state index >= 15 is 0 Å². The summed E-state index contributed by atoms with van der Waals surface area (Å²) in [7, 11) is 0. The lowest BCUT2D eigenvalue weighted by molar-refractivity contribution is 0.628. The molecule has 0 saturated heterocycles. The molecule has 0 N–H and O–H groups in total. The fourth-order valence-corrected chi connectivity index (χ4v) is 1.11. The van der Waals surface area contributed by atoms with Gasteiger partial charge in [-0.15, -0.1) is 0 Å². The molecule has 1 nitrogen and oxygen atoms in total. The van der Waals surface area contributed by atoms with Crippen molar-refractivity contribution >= 4 is 0 Å². The lowest BCUT2D eigenvalue weighted by Gasteiger charge is -1.98. The van der Waals surface area contributed by atoms with Crippen molar-refractivity contribution in [2.24, 2.45) is 0 Å². The summed E-state index contributed by atoms with van der Waals surface area (Å²) in [5, 5.41) is 0. The molecule has 0 atom stereocenters. The maximum Gasteiger partial charge on any atom is 0.123 e. The van der Waals surface area contributed by atoms with Crippen LogP contribution in [0, 0.1) is 5.82 Å². The van der Waals surface area contributed by atoms with Crippen LogP contribution < -0.4 is 0 Å². The number of pyridine rings is 1. The van der Waals surface area contributed by atoms with Crippen LogP contribution in [0.5, 0.6) is 0 Å². The van der Waals surface area contributed by atoms with Gasteiger partial charge in [-0.1, -0.05) is 18.2 Å². The van der Waals surface area contributed by atoms with Crippen molar-refractivity contribution in [1.82, 2.24) is 4.98 Å². The summed E-state index contributed by atoms with van der Waals surface area (Å²) in [6, 6.07) is 9.79. The van der Waals surface area contributed by atoms with Crippen molar-refractivity contribution in [3.63, 3.8) is 0 Å². The third kappa shape index (κ3) is 1.72. The highest BCUT2D eigenvalue weighted by Crippen LogP contribution is 2.16. The van der Waals surface area contributed by atoms with E-state index in [-0.39, 0.29) is 6.04 Å². The van der Waals surface area contributed by atoms with Crippen LogP contribution in [0.1, 0.15) is 1.37 Å². The molecule has 2 heteroatoms. The van der Waals surface area contributed by atoms with Crippen molar-refractivity contribution in [3.05, 3.63) is 54.5 Å². The molecule has 0 spiro atoms. The lowest BCUT2D eigenvalue weighted by Crippen LogP contribution is -1.82. The number of nitrogens with zero attached hydrogens (tertiary/aromatic N) is 1. The quantitative estimate of drug-likeness (QED) is 0.647. The van der Waals surface area contributed by atoms with Crippen LogP contribution in [0.4, 0.5) is 4.39 Å². The summed E-state index contributed by atoms with van der Waals surface area (Å²) in [6.07, 6.45) is 1.62. The third-order valence-corrected chi connectivity index (χ3v) is 1.70. The van der Waals surface area contributed by atoms with Crippen molar-refractivity contribution in [3.8, 4) is 11.3 Å².